The van der Waals surface area contributed by atoms with E-state index in [9.17, 15) is 0 Å². The van der Waals surface area contributed by atoms with Gasteiger partial charge in [-0.25, -0.2) is 0 Å². The molecular weight excluding hydrogens is 382 g/mol. The first-order valence-corrected chi connectivity index (χ1v) is 13.0. The smallest absolute Gasteiger partial charge is 0.128 e. The lowest BCUT2D eigenvalue weighted by atomic mass is 10.0. The van der Waals surface area contributed by atoms with Crippen molar-refractivity contribution in [2.24, 2.45) is 0 Å². The van der Waals surface area contributed by atoms with E-state index in [0.717, 1.165) is 11.5 Å². The normalized spacial score (nSPS) is 26.4. The molecule has 2 aromatic carbocycles. The SMILES string of the molecule is CC1Oc2cccc(-c3cccc4c3[P@@](C(C)(C)C)C(C)O4)c2[P@@]1C(C)(C)C. The van der Waals surface area contributed by atoms with Crippen LogP contribution in [-0.2, 0) is 0 Å². The molecule has 2 aromatic rings. The Balaban J connectivity index is 1.96. The molecule has 28 heavy (non-hydrogen) atoms. The number of hydrogen-bond acceptors (Lipinski definition) is 2. The van der Waals surface area contributed by atoms with Crippen LogP contribution in [0.25, 0.3) is 11.1 Å². The molecule has 0 saturated carbocycles. The van der Waals surface area contributed by atoms with Gasteiger partial charge in [-0.05, 0) is 63.3 Å². The van der Waals surface area contributed by atoms with Crippen LogP contribution < -0.4 is 20.1 Å². The highest BCUT2D eigenvalue weighted by molar-refractivity contribution is 7.69. The predicted octanol–water partition coefficient (Wildman–Crippen LogP) is 6.64. The summed E-state index contributed by atoms with van der Waals surface area (Å²) < 4.78 is 12.7. The Hall–Kier alpha value is -1.10. The molecule has 4 atom stereocenters. The molecule has 2 heterocycles. The highest BCUT2D eigenvalue weighted by Gasteiger charge is 2.44. The van der Waals surface area contributed by atoms with Gasteiger partial charge < -0.3 is 9.47 Å². The van der Waals surface area contributed by atoms with Crippen LogP contribution in [0.1, 0.15) is 55.4 Å². The maximum atomic E-state index is 6.35. The Morgan fingerprint density at radius 1 is 0.643 bits per heavy atom. The number of hydrogen-bond donors (Lipinski definition) is 0. The summed E-state index contributed by atoms with van der Waals surface area (Å²) in [5, 5.41) is 3.28. The van der Waals surface area contributed by atoms with E-state index in [1.807, 2.05) is 0 Å². The first kappa shape index (κ1) is 20.2. The summed E-state index contributed by atoms with van der Waals surface area (Å²) in [5.41, 5.74) is 2.71. The van der Waals surface area contributed by atoms with Gasteiger partial charge in [0, 0.05) is 10.6 Å². The molecule has 0 fully saturated rings. The van der Waals surface area contributed by atoms with Crippen molar-refractivity contribution >= 4 is 26.5 Å². The predicted molar refractivity (Wildman–Crippen MR) is 125 cm³/mol. The van der Waals surface area contributed by atoms with Crippen LogP contribution in [0, 0.1) is 0 Å². The van der Waals surface area contributed by atoms with E-state index in [1.165, 1.54) is 21.7 Å². The molecule has 4 rings (SSSR count). The molecule has 0 radical (unpaired) electrons. The maximum Gasteiger partial charge on any atom is 0.128 e. The summed E-state index contributed by atoms with van der Waals surface area (Å²) in [6, 6.07) is 13.2. The summed E-state index contributed by atoms with van der Waals surface area (Å²) in [6.45, 7) is 18.6. The van der Waals surface area contributed by atoms with Crippen LogP contribution in [0.4, 0.5) is 0 Å². The molecule has 0 N–H and O–H groups in total. The van der Waals surface area contributed by atoms with Gasteiger partial charge >= 0.3 is 0 Å². The third-order valence-electron chi connectivity index (χ3n) is 5.54. The molecule has 0 saturated heterocycles. The third-order valence-corrected chi connectivity index (χ3v) is 12.0. The summed E-state index contributed by atoms with van der Waals surface area (Å²) in [4.78, 5) is 0. The van der Waals surface area contributed by atoms with Crippen molar-refractivity contribution in [2.75, 3.05) is 0 Å². The molecule has 150 valence electrons. The highest BCUT2D eigenvalue weighted by Crippen LogP contribution is 2.62. The maximum absolute atomic E-state index is 6.35. The molecule has 0 spiro atoms. The van der Waals surface area contributed by atoms with Crippen LogP contribution >= 0.6 is 15.8 Å². The second-order valence-electron chi connectivity index (χ2n) is 9.82. The van der Waals surface area contributed by atoms with Gasteiger partial charge in [-0.1, -0.05) is 65.8 Å². The topological polar surface area (TPSA) is 18.5 Å². The quantitative estimate of drug-likeness (QED) is 0.487. The van der Waals surface area contributed by atoms with E-state index in [1.54, 1.807) is 0 Å². The van der Waals surface area contributed by atoms with Gasteiger partial charge in [-0.3, -0.25) is 0 Å². The minimum atomic E-state index is -0.424. The summed E-state index contributed by atoms with van der Waals surface area (Å²) in [6.07, 6.45) is 0. The average Bonchev–Trinajstić information content (AvgIpc) is 3.08. The first-order chi connectivity index (χ1) is 13.0. The van der Waals surface area contributed by atoms with Crippen LogP contribution in [0.5, 0.6) is 11.5 Å². The van der Waals surface area contributed by atoms with Crippen molar-refractivity contribution < 1.29 is 9.47 Å². The van der Waals surface area contributed by atoms with Crippen LogP contribution in [-0.4, -0.2) is 22.0 Å². The fraction of sp³-hybridized carbons (Fsp3) is 0.500. The van der Waals surface area contributed by atoms with Crippen molar-refractivity contribution in [1.29, 1.82) is 0 Å². The second kappa shape index (κ2) is 6.72. The second-order valence-corrected chi connectivity index (χ2v) is 16.3. The van der Waals surface area contributed by atoms with Crippen LogP contribution in [0.2, 0.25) is 0 Å². The standard InChI is InChI=1S/C24H32O2P2/c1-15-25-19-13-9-11-17(21(19)27(15)23(3,4)5)18-12-10-14-20-22(18)28(16(2)26-20)24(6,7)8/h9-16H,1-8H3/t15?,16?,27-,28-/m0/s1. The van der Waals surface area contributed by atoms with E-state index >= 15 is 0 Å². The lowest BCUT2D eigenvalue weighted by Crippen LogP contribution is -2.25. The summed E-state index contributed by atoms with van der Waals surface area (Å²) in [5.74, 6) is 2.66. The Kier molecular flexibility index (Phi) is 4.84. The largest absolute Gasteiger partial charge is 0.485 e. The van der Waals surface area contributed by atoms with Crippen molar-refractivity contribution in [3.8, 4) is 22.6 Å². The Labute approximate surface area is 172 Å². The molecule has 0 aliphatic carbocycles. The molecule has 0 bridgehead atoms. The van der Waals surface area contributed by atoms with Gasteiger partial charge in [0.15, 0.2) is 0 Å². The van der Waals surface area contributed by atoms with E-state index in [2.05, 4.69) is 91.8 Å². The zero-order chi connectivity index (χ0) is 20.4. The van der Waals surface area contributed by atoms with E-state index < -0.39 is 15.8 Å². The average molecular weight is 414 g/mol. The first-order valence-electron chi connectivity index (χ1n) is 10.2. The van der Waals surface area contributed by atoms with Crippen molar-refractivity contribution in [3.63, 3.8) is 0 Å². The molecule has 0 aromatic heterocycles. The Morgan fingerprint density at radius 2 is 1.00 bits per heavy atom. The molecule has 2 nitrogen and oxygen atoms in total. The van der Waals surface area contributed by atoms with E-state index in [-0.39, 0.29) is 22.0 Å². The van der Waals surface area contributed by atoms with Crippen molar-refractivity contribution in [1.82, 2.24) is 0 Å². The van der Waals surface area contributed by atoms with Crippen molar-refractivity contribution in [3.05, 3.63) is 36.4 Å². The van der Waals surface area contributed by atoms with Gasteiger partial charge in [-0.2, -0.15) is 0 Å². The fourth-order valence-electron chi connectivity index (χ4n) is 4.76. The Morgan fingerprint density at radius 3 is 1.32 bits per heavy atom. The molecular formula is C24H32O2P2. The number of rotatable bonds is 1. The number of ether oxygens (including phenoxy) is 2. The summed E-state index contributed by atoms with van der Waals surface area (Å²) in [7, 11) is -0.847. The highest BCUT2D eigenvalue weighted by atomic mass is 31.1. The van der Waals surface area contributed by atoms with Gasteiger partial charge in [-0.15, -0.1) is 0 Å². The van der Waals surface area contributed by atoms with E-state index in [0.29, 0.717) is 0 Å². The molecule has 2 aliphatic heterocycles. The lowest BCUT2D eigenvalue weighted by molar-refractivity contribution is 0.312. The van der Waals surface area contributed by atoms with E-state index in [4.69, 9.17) is 9.47 Å². The van der Waals surface area contributed by atoms with Gasteiger partial charge in [0.2, 0.25) is 0 Å². The molecule has 4 heteroatoms. The Bertz CT molecular complexity index is 832. The fourth-order valence-corrected chi connectivity index (χ4v) is 11.1. The van der Waals surface area contributed by atoms with Gasteiger partial charge in [0.05, 0.1) is 0 Å². The molecule has 0 amide bonds. The third kappa shape index (κ3) is 3.18. The zero-order valence-electron chi connectivity index (χ0n) is 18.3. The molecule has 2 unspecified atom stereocenters. The van der Waals surface area contributed by atoms with Crippen LogP contribution in [0.3, 0.4) is 0 Å². The van der Waals surface area contributed by atoms with Crippen molar-refractivity contribution in [2.45, 2.75) is 77.4 Å². The number of fused-ring (bicyclic) bond motifs is 2. The number of benzene rings is 2. The van der Waals surface area contributed by atoms with Crippen LogP contribution in [0.15, 0.2) is 36.4 Å². The molecule has 2 aliphatic rings. The minimum absolute atomic E-state index is 0.201. The minimum Gasteiger partial charge on any atom is -0.485 e. The summed E-state index contributed by atoms with van der Waals surface area (Å²) >= 11 is 0. The lowest BCUT2D eigenvalue weighted by Gasteiger charge is -2.33. The zero-order valence-corrected chi connectivity index (χ0v) is 20.1. The monoisotopic (exact) mass is 414 g/mol. The van der Waals surface area contributed by atoms with Gasteiger partial charge in [0.1, 0.15) is 23.2 Å². The van der Waals surface area contributed by atoms with Gasteiger partial charge in [0.25, 0.3) is 0 Å².